The van der Waals surface area contributed by atoms with Crippen molar-refractivity contribution in [2.24, 2.45) is 0 Å². The van der Waals surface area contributed by atoms with Crippen LogP contribution in [0.15, 0.2) is 57.7 Å². The van der Waals surface area contributed by atoms with Crippen molar-refractivity contribution in [1.82, 2.24) is 0 Å². The van der Waals surface area contributed by atoms with Gasteiger partial charge in [0, 0.05) is 18.7 Å². The molecule has 0 bridgehead atoms. The molecule has 3 aromatic rings. The molecule has 1 heterocycles. The maximum absolute atomic E-state index is 14.1. The zero-order valence-corrected chi connectivity index (χ0v) is 14.7. The Morgan fingerprint density at radius 2 is 1.86 bits per heavy atom. The Morgan fingerprint density at radius 3 is 2.57 bits per heavy atom. The summed E-state index contributed by atoms with van der Waals surface area (Å²) in [6, 6.07) is 10.8. The van der Waals surface area contributed by atoms with Crippen molar-refractivity contribution in [2.45, 2.75) is 6.92 Å². The molecular weight excluding hydrogens is 369 g/mol. The molecule has 28 heavy (non-hydrogen) atoms. The number of carbonyl (C=O) groups excluding carboxylic acids is 3. The van der Waals surface area contributed by atoms with Crippen LogP contribution in [-0.4, -0.2) is 24.3 Å². The van der Waals surface area contributed by atoms with Crippen LogP contribution in [0.25, 0.3) is 11.0 Å². The van der Waals surface area contributed by atoms with Crippen LogP contribution in [0, 0.1) is 5.82 Å². The third-order valence-electron chi connectivity index (χ3n) is 3.76. The smallest absolute Gasteiger partial charge is 0.374 e. The van der Waals surface area contributed by atoms with Crippen LogP contribution in [0.2, 0.25) is 0 Å². The summed E-state index contributed by atoms with van der Waals surface area (Å²) in [5.41, 5.74) is -0.342. The van der Waals surface area contributed by atoms with Crippen molar-refractivity contribution >= 4 is 34.3 Å². The van der Waals surface area contributed by atoms with Crippen molar-refractivity contribution in [3.05, 3.63) is 75.9 Å². The number of benzene rings is 2. The Labute approximate surface area is 157 Å². The summed E-state index contributed by atoms with van der Waals surface area (Å²) in [6.45, 7) is 0.521. The van der Waals surface area contributed by atoms with Crippen LogP contribution in [-0.2, 0) is 9.53 Å². The molecule has 7 nitrogen and oxygen atoms in total. The van der Waals surface area contributed by atoms with E-state index in [1.165, 1.54) is 25.1 Å². The lowest BCUT2D eigenvalue weighted by Gasteiger charge is -2.07. The first-order valence-electron chi connectivity index (χ1n) is 8.15. The number of para-hydroxylation sites is 1. The topological polar surface area (TPSA) is 103 Å². The molecule has 8 heteroatoms. The van der Waals surface area contributed by atoms with Gasteiger partial charge >= 0.3 is 5.97 Å². The number of fused-ring (bicyclic) bond motifs is 1. The first-order valence-corrected chi connectivity index (χ1v) is 8.15. The number of esters is 1. The molecule has 2 aromatic carbocycles. The highest BCUT2D eigenvalue weighted by Crippen LogP contribution is 2.16. The molecule has 0 atom stereocenters. The molecule has 1 amide bonds. The standard InChI is InChI=1S/C20H14FNO6/c1-11(23)22-12-6-7-13(15(21)8-12)17(25)10-27-20(26)19-9-16(24)14-4-2-3-5-18(14)28-19/h2-9H,10H2,1H3,(H,22,23). The highest BCUT2D eigenvalue weighted by molar-refractivity contribution is 6.00. The van der Waals surface area contributed by atoms with Crippen LogP contribution >= 0.6 is 0 Å². The molecule has 0 fully saturated rings. The Morgan fingerprint density at radius 1 is 1.11 bits per heavy atom. The van der Waals surface area contributed by atoms with Gasteiger partial charge < -0.3 is 14.5 Å². The fourth-order valence-electron chi connectivity index (χ4n) is 2.51. The highest BCUT2D eigenvalue weighted by atomic mass is 19.1. The number of ether oxygens (including phenoxy) is 1. The van der Waals surface area contributed by atoms with Gasteiger partial charge in [-0.05, 0) is 30.3 Å². The quantitative estimate of drug-likeness (QED) is 0.537. The monoisotopic (exact) mass is 383 g/mol. The average Bonchev–Trinajstić information content (AvgIpc) is 2.65. The molecule has 0 aliphatic rings. The summed E-state index contributed by atoms with van der Waals surface area (Å²) in [5, 5.41) is 2.69. The van der Waals surface area contributed by atoms with Gasteiger partial charge in [-0.25, -0.2) is 9.18 Å². The zero-order valence-electron chi connectivity index (χ0n) is 14.7. The number of anilines is 1. The first kappa shape index (κ1) is 19.0. The predicted octanol–water partition coefficient (Wildman–Crippen LogP) is 2.93. The summed E-state index contributed by atoms with van der Waals surface area (Å²) in [4.78, 5) is 47.2. The molecule has 0 radical (unpaired) electrons. The lowest BCUT2D eigenvalue weighted by Crippen LogP contribution is -2.17. The van der Waals surface area contributed by atoms with Crippen LogP contribution in [0.4, 0.5) is 10.1 Å². The minimum absolute atomic E-state index is 0.191. The lowest BCUT2D eigenvalue weighted by atomic mass is 10.1. The molecular formula is C20H14FNO6. The van der Waals surface area contributed by atoms with E-state index in [0.717, 1.165) is 12.1 Å². The molecule has 1 aromatic heterocycles. The number of carbonyl (C=O) groups is 3. The van der Waals surface area contributed by atoms with E-state index in [9.17, 15) is 23.6 Å². The maximum Gasteiger partial charge on any atom is 0.374 e. The Hall–Kier alpha value is -3.81. The number of rotatable bonds is 5. The van der Waals surface area contributed by atoms with Gasteiger partial charge in [-0.3, -0.25) is 14.4 Å². The second-order valence-electron chi connectivity index (χ2n) is 5.85. The minimum Gasteiger partial charge on any atom is -0.451 e. The normalized spacial score (nSPS) is 10.5. The number of hydrogen-bond acceptors (Lipinski definition) is 6. The van der Waals surface area contributed by atoms with Gasteiger partial charge in [0.1, 0.15) is 11.4 Å². The van der Waals surface area contributed by atoms with Crippen LogP contribution in [0.5, 0.6) is 0 Å². The number of hydrogen-bond donors (Lipinski definition) is 1. The largest absolute Gasteiger partial charge is 0.451 e. The van der Waals surface area contributed by atoms with Crippen molar-refractivity contribution < 1.29 is 27.9 Å². The number of halogens is 1. The van der Waals surface area contributed by atoms with E-state index >= 15 is 0 Å². The van der Waals surface area contributed by atoms with Gasteiger partial charge in [-0.15, -0.1) is 0 Å². The number of nitrogens with one attached hydrogen (secondary N) is 1. The predicted molar refractivity (Wildman–Crippen MR) is 97.8 cm³/mol. The number of amides is 1. The van der Waals surface area contributed by atoms with E-state index in [1.807, 2.05) is 0 Å². The minimum atomic E-state index is -1.02. The Bertz CT molecular complexity index is 1150. The SMILES string of the molecule is CC(=O)Nc1ccc(C(=O)COC(=O)c2cc(=O)c3ccccc3o2)c(F)c1. The molecule has 0 aliphatic heterocycles. The van der Waals surface area contributed by atoms with Gasteiger partial charge in [0.05, 0.1) is 10.9 Å². The van der Waals surface area contributed by atoms with E-state index in [4.69, 9.17) is 9.15 Å². The summed E-state index contributed by atoms with van der Waals surface area (Å²) in [5.74, 6) is -3.43. The molecule has 1 N–H and O–H groups in total. The van der Waals surface area contributed by atoms with Crippen LogP contribution < -0.4 is 10.7 Å². The molecule has 0 saturated carbocycles. The van der Waals surface area contributed by atoms with Gasteiger partial charge in [0.15, 0.2) is 12.0 Å². The van der Waals surface area contributed by atoms with E-state index in [1.54, 1.807) is 18.2 Å². The summed E-state index contributed by atoms with van der Waals surface area (Å²) < 4.78 is 24.2. The Balaban J connectivity index is 1.72. The number of Topliss-reactive ketones (excluding diaryl/α,β-unsaturated/α-hetero) is 1. The molecule has 142 valence electrons. The lowest BCUT2D eigenvalue weighted by molar-refractivity contribution is -0.114. The van der Waals surface area contributed by atoms with Crippen molar-refractivity contribution in [3.63, 3.8) is 0 Å². The second kappa shape index (κ2) is 7.83. The molecule has 0 saturated heterocycles. The van der Waals surface area contributed by atoms with Gasteiger partial charge in [0.2, 0.25) is 17.5 Å². The number of ketones is 1. The van der Waals surface area contributed by atoms with E-state index in [2.05, 4.69) is 5.32 Å². The summed E-state index contributed by atoms with van der Waals surface area (Å²) in [6.07, 6.45) is 0. The summed E-state index contributed by atoms with van der Waals surface area (Å²) >= 11 is 0. The summed E-state index contributed by atoms with van der Waals surface area (Å²) in [7, 11) is 0. The van der Waals surface area contributed by atoms with E-state index < -0.39 is 29.6 Å². The van der Waals surface area contributed by atoms with Gasteiger partial charge in [-0.1, -0.05) is 12.1 Å². The fourth-order valence-corrected chi connectivity index (χ4v) is 2.51. The molecule has 0 unspecified atom stereocenters. The zero-order chi connectivity index (χ0) is 20.3. The van der Waals surface area contributed by atoms with Crippen LogP contribution in [0.1, 0.15) is 27.8 Å². The van der Waals surface area contributed by atoms with Crippen molar-refractivity contribution in [3.8, 4) is 0 Å². The Kier molecular flexibility index (Phi) is 5.30. The second-order valence-corrected chi connectivity index (χ2v) is 5.85. The van der Waals surface area contributed by atoms with Gasteiger partial charge in [-0.2, -0.15) is 0 Å². The maximum atomic E-state index is 14.1. The highest BCUT2D eigenvalue weighted by Gasteiger charge is 2.18. The first-order chi connectivity index (χ1) is 13.3. The average molecular weight is 383 g/mol. The van der Waals surface area contributed by atoms with E-state index in [0.29, 0.717) is 5.39 Å². The molecule has 0 aliphatic carbocycles. The third-order valence-corrected chi connectivity index (χ3v) is 3.76. The van der Waals surface area contributed by atoms with Crippen molar-refractivity contribution in [1.29, 1.82) is 0 Å². The van der Waals surface area contributed by atoms with E-state index in [-0.39, 0.29) is 28.5 Å². The van der Waals surface area contributed by atoms with Gasteiger partial charge in [0.25, 0.3) is 0 Å². The molecule has 0 spiro atoms. The third kappa shape index (κ3) is 4.12. The fraction of sp³-hybridized carbons (Fsp3) is 0.100. The van der Waals surface area contributed by atoms with Crippen LogP contribution in [0.3, 0.4) is 0 Å². The molecule has 3 rings (SSSR count). The van der Waals surface area contributed by atoms with Crippen molar-refractivity contribution in [2.75, 3.05) is 11.9 Å².